The first kappa shape index (κ1) is 44.9. The van der Waals surface area contributed by atoms with Crippen LogP contribution in [0.2, 0.25) is 0 Å². The minimum Gasteiger partial charge on any atom is -0.508 e. The van der Waals surface area contributed by atoms with Gasteiger partial charge in [-0.2, -0.15) is 4.57 Å². The van der Waals surface area contributed by atoms with Crippen LogP contribution in [0.15, 0.2) is 138 Å². The Hall–Kier alpha value is -7.21. The van der Waals surface area contributed by atoms with Gasteiger partial charge in [0.2, 0.25) is 11.8 Å². The van der Waals surface area contributed by atoms with Crippen molar-refractivity contribution in [1.82, 2.24) is 21.3 Å². The van der Waals surface area contributed by atoms with E-state index in [4.69, 9.17) is 5.73 Å². The molecule has 0 aliphatic rings. The summed E-state index contributed by atoms with van der Waals surface area (Å²) in [4.78, 5) is 46.6. The van der Waals surface area contributed by atoms with E-state index in [-0.39, 0.29) is 43.0 Å². The van der Waals surface area contributed by atoms with Crippen LogP contribution in [-0.2, 0) is 22.7 Å². The number of hydrogen-bond acceptors (Lipinski definition) is 6. The van der Waals surface area contributed by atoms with Crippen molar-refractivity contribution in [3.8, 4) is 5.75 Å². The Morgan fingerprint density at radius 1 is 0.770 bits per heavy atom. The number of phenols is 1. The molecule has 0 fully saturated rings. The fraction of sp³-hybridized carbons (Fsp3) is 0.245. The molecule has 4 amide bonds. The molecule has 12 nitrogen and oxygen atoms in total. The summed E-state index contributed by atoms with van der Waals surface area (Å²) in [6.45, 7) is 5.42. The summed E-state index contributed by atoms with van der Waals surface area (Å²) in [5, 5.41) is 21.0. The van der Waals surface area contributed by atoms with Crippen molar-refractivity contribution in [3.05, 3.63) is 173 Å². The molecule has 1 aromatic heterocycles. The summed E-state index contributed by atoms with van der Waals surface area (Å²) in [5.41, 5.74) is 14.0. The van der Waals surface area contributed by atoms with Crippen LogP contribution in [0.25, 0.3) is 12.2 Å². The zero-order valence-corrected chi connectivity index (χ0v) is 35.3. The number of anilines is 1. The second-order valence-corrected chi connectivity index (χ2v) is 14.9. The van der Waals surface area contributed by atoms with Gasteiger partial charge in [0.15, 0.2) is 23.9 Å². The Morgan fingerprint density at radius 2 is 1.36 bits per heavy atom. The molecule has 1 heterocycles. The third kappa shape index (κ3) is 14.2. The Kier molecular flexibility index (Phi) is 16.8. The summed E-state index contributed by atoms with van der Waals surface area (Å²) in [6, 6.07) is 36.6. The van der Waals surface area contributed by atoms with Crippen LogP contribution in [0, 0.1) is 13.8 Å². The van der Waals surface area contributed by atoms with Gasteiger partial charge in [-0.15, -0.1) is 0 Å². The number of nitrogens with zero attached hydrogens (tertiary/aromatic N) is 3. The van der Waals surface area contributed by atoms with Gasteiger partial charge in [0, 0.05) is 58.9 Å². The molecular formula is C49H57N8O4+. The van der Waals surface area contributed by atoms with Crippen LogP contribution in [0.4, 0.5) is 10.5 Å². The Bertz CT molecular complexity index is 2230. The van der Waals surface area contributed by atoms with Gasteiger partial charge in [-0.05, 0) is 64.9 Å². The van der Waals surface area contributed by atoms with Crippen LogP contribution in [0.5, 0.6) is 5.75 Å². The highest BCUT2D eigenvalue weighted by Gasteiger charge is 2.28. The first-order valence-electron chi connectivity index (χ1n) is 20.4. The number of carbonyl (C=O) groups excluding carboxylic acids is 3. The Balaban J connectivity index is 1.12. The number of aliphatic imine (C=N–C) groups is 1. The summed E-state index contributed by atoms with van der Waals surface area (Å²) in [6.07, 6.45) is 8.85. The lowest BCUT2D eigenvalue weighted by molar-refractivity contribution is -0.706. The molecule has 12 heteroatoms. The Labute approximate surface area is 358 Å². The summed E-state index contributed by atoms with van der Waals surface area (Å²) >= 11 is 0. The lowest BCUT2D eigenvalue weighted by Crippen LogP contribution is -2.49. The zero-order valence-electron chi connectivity index (χ0n) is 35.3. The van der Waals surface area contributed by atoms with E-state index >= 15 is 0 Å². The molecule has 0 bridgehead atoms. The van der Waals surface area contributed by atoms with Gasteiger partial charge in [0.1, 0.15) is 11.8 Å². The van der Waals surface area contributed by atoms with Gasteiger partial charge in [-0.3, -0.25) is 19.9 Å². The number of aryl methyl sites for hydroxylation is 2. The van der Waals surface area contributed by atoms with Gasteiger partial charge in [0.05, 0.1) is 12.5 Å². The van der Waals surface area contributed by atoms with Crippen LogP contribution >= 0.6 is 0 Å². The van der Waals surface area contributed by atoms with Crippen LogP contribution in [0.1, 0.15) is 58.0 Å². The molecule has 5 rings (SSSR count). The number of allylic oxidation sites excluding steroid dienone is 2. The number of aromatic nitrogens is 1. The number of amides is 4. The molecule has 1 atom stereocenters. The lowest BCUT2D eigenvalue weighted by Gasteiger charge is -2.23. The predicted molar refractivity (Wildman–Crippen MR) is 244 cm³/mol. The van der Waals surface area contributed by atoms with Gasteiger partial charge in [-0.1, -0.05) is 109 Å². The first-order chi connectivity index (χ1) is 29.5. The Morgan fingerprint density at radius 3 is 1.95 bits per heavy atom. The highest BCUT2D eigenvalue weighted by Crippen LogP contribution is 2.25. The van der Waals surface area contributed by atoms with E-state index < -0.39 is 18.0 Å². The first-order valence-corrected chi connectivity index (χ1v) is 20.4. The molecule has 0 aliphatic heterocycles. The number of nitrogens with one attached hydrogen (secondary N) is 4. The normalized spacial score (nSPS) is 12.0. The van der Waals surface area contributed by atoms with Crippen LogP contribution in [0.3, 0.4) is 0 Å². The van der Waals surface area contributed by atoms with E-state index in [2.05, 4.69) is 84.3 Å². The molecule has 0 radical (unpaired) electrons. The van der Waals surface area contributed by atoms with E-state index in [9.17, 15) is 19.5 Å². The number of pyridine rings is 1. The fourth-order valence-corrected chi connectivity index (χ4v) is 6.84. The summed E-state index contributed by atoms with van der Waals surface area (Å²) in [5.74, 6) is -1.24. The maximum Gasteiger partial charge on any atom is 0.321 e. The fourth-order valence-electron chi connectivity index (χ4n) is 6.84. The van der Waals surface area contributed by atoms with E-state index in [1.54, 1.807) is 24.3 Å². The van der Waals surface area contributed by atoms with E-state index in [1.165, 1.54) is 0 Å². The number of aromatic hydroxyl groups is 1. The maximum atomic E-state index is 13.9. The second-order valence-electron chi connectivity index (χ2n) is 14.9. The molecule has 0 aliphatic carbocycles. The van der Waals surface area contributed by atoms with E-state index in [0.717, 1.165) is 44.9 Å². The molecule has 0 spiro atoms. The number of carbonyl (C=O) groups is 3. The molecule has 7 N–H and O–H groups in total. The van der Waals surface area contributed by atoms with Crippen molar-refractivity contribution in [1.29, 1.82) is 0 Å². The molecule has 0 saturated heterocycles. The van der Waals surface area contributed by atoms with Crippen molar-refractivity contribution in [2.75, 3.05) is 32.1 Å². The number of nitrogens with two attached hydrogens (primary N) is 1. The van der Waals surface area contributed by atoms with Crippen molar-refractivity contribution >= 4 is 41.6 Å². The number of benzene rings is 4. The minimum atomic E-state index is -0.879. The standard InChI is InChI=1S/C49H56N8O4/c1-35-32-39(15-12-11-14-37-21-25-42(26-22-37)56(3)4)33-36(2)57(35)31-30-52-49(61)55-48(50)51-29-13-20-44(46(59)53-34-38-23-27-43(58)28-24-38)54-47(60)45(40-16-7-5-8-17-40)41-18-9-6-10-19-41/h5-12,14-19,21-28,32-33,44-45H,13,20,29-31,34H2,1-4H3,(H6-,50,51,52,53,54,55,58,59,60,61)/p+1/t44-/m1/s1. The van der Waals surface area contributed by atoms with Gasteiger partial charge >= 0.3 is 6.03 Å². The zero-order chi connectivity index (χ0) is 43.6. The maximum absolute atomic E-state index is 13.9. The second kappa shape index (κ2) is 22.8. The van der Waals surface area contributed by atoms with E-state index in [0.29, 0.717) is 19.5 Å². The van der Waals surface area contributed by atoms with Crippen molar-refractivity contribution in [3.63, 3.8) is 0 Å². The number of urea groups is 1. The molecule has 61 heavy (non-hydrogen) atoms. The third-order valence-electron chi connectivity index (χ3n) is 10.1. The SMILES string of the molecule is Cc1cc(/C=C/C=C/c2ccc(N(C)C)cc2)cc(C)[n+]1CCNC(=O)NC(N)=NCCC[C@@H](NC(=O)C(c1ccccc1)c1ccccc1)C(=O)NCc1ccc(O)cc1. The van der Waals surface area contributed by atoms with Crippen molar-refractivity contribution < 1.29 is 24.1 Å². The number of rotatable bonds is 18. The molecule has 5 aromatic rings. The average molecular weight is 822 g/mol. The van der Waals surface area contributed by atoms with E-state index in [1.807, 2.05) is 101 Å². The van der Waals surface area contributed by atoms with Crippen LogP contribution < -0.4 is 36.5 Å². The number of hydrogen-bond donors (Lipinski definition) is 6. The third-order valence-corrected chi connectivity index (χ3v) is 10.1. The molecule has 0 saturated carbocycles. The topological polar surface area (TPSA) is 165 Å². The highest BCUT2D eigenvalue weighted by atomic mass is 16.3. The molecule has 316 valence electrons. The highest BCUT2D eigenvalue weighted by molar-refractivity contribution is 5.95. The molecular weight excluding hydrogens is 765 g/mol. The number of guanidine groups is 1. The quantitative estimate of drug-likeness (QED) is 0.0205. The smallest absolute Gasteiger partial charge is 0.321 e. The van der Waals surface area contributed by atoms with Gasteiger partial charge in [-0.25, -0.2) is 4.79 Å². The summed E-state index contributed by atoms with van der Waals surface area (Å²) in [7, 11) is 4.05. The molecule has 0 unspecified atom stereocenters. The van der Waals surface area contributed by atoms with Gasteiger partial charge in [0.25, 0.3) is 0 Å². The lowest BCUT2D eigenvalue weighted by atomic mass is 9.90. The predicted octanol–water partition coefficient (Wildman–Crippen LogP) is 6.12. The van der Waals surface area contributed by atoms with Crippen molar-refractivity contribution in [2.24, 2.45) is 10.7 Å². The minimum absolute atomic E-state index is 0.0566. The van der Waals surface area contributed by atoms with Gasteiger partial charge < -0.3 is 31.7 Å². The van der Waals surface area contributed by atoms with Crippen molar-refractivity contribution in [2.45, 2.75) is 51.7 Å². The number of phenolic OH excluding ortho intramolecular Hbond substituents is 1. The largest absolute Gasteiger partial charge is 0.508 e. The summed E-state index contributed by atoms with van der Waals surface area (Å²) < 4.78 is 2.13. The molecule has 4 aromatic carbocycles. The monoisotopic (exact) mass is 821 g/mol. The van der Waals surface area contributed by atoms with Crippen LogP contribution in [-0.4, -0.2) is 62.1 Å². The average Bonchev–Trinajstić information content (AvgIpc) is 3.25.